The Hall–Kier alpha value is -1.63. The van der Waals surface area contributed by atoms with Crippen LogP contribution in [0.15, 0.2) is 9.59 Å². The van der Waals surface area contributed by atoms with E-state index in [0.717, 1.165) is 19.3 Å². The number of nitrogens with two attached hydrogens (primary N) is 1. The van der Waals surface area contributed by atoms with E-state index in [2.05, 4.69) is 15.2 Å². The van der Waals surface area contributed by atoms with Crippen LogP contribution in [0.1, 0.15) is 25.7 Å². The fraction of sp³-hybridized carbons (Fsp3) is 0.667. The van der Waals surface area contributed by atoms with Gasteiger partial charge in [0, 0.05) is 6.04 Å². The zero-order valence-corrected chi connectivity index (χ0v) is 8.73. The van der Waals surface area contributed by atoms with Crippen molar-refractivity contribution in [2.24, 2.45) is 5.73 Å². The molecule has 0 aliphatic heterocycles. The topological polar surface area (TPSA) is 114 Å². The zero-order valence-electron chi connectivity index (χ0n) is 8.73. The first-order valence-corrected chi connectivity index (χ1v) is 5.26. The standard InChI is InChI=1S/C9H14N4O3/c10-5-2-1-3-6(4-5)16-8-7(14)11-9(15)13-12-8/h5-6H,1-4,10H2,(H2,11,13,14,15). The van der Waals surface area contributed by atoms with Gasteiger partial charge in [-0.3, -0.25) is 9.78 Å². The fourth-order valence-corrected chi connectivity index (χ4v) is 1.86. The van der Waals surface area contributed by atoms with E-state index in [1.54, 1.807) is 0 Å². The van der Waals surface area contributed by atoms with E-state index in [1.807, 2.05) is 0 Å². The average molecular weight is 226 g/mol. The number of nitrogens with zero attached hydrogens (tertiary/aromatic N) is 1. The van der Waals surface area contributed by atoms with Crippen molar-refractivity contribution in [1.29, 1.82) is 0 Å². The fourth-order valence-electron chi connectivity index (χ4n) is 1.86. The van der Waals surface area contributed by atoms with Gasteiger partial charge in [-0.15, -0.1) is 5.10 Å². The van der Waals surface area contributed by atoms with E-state index in [0.29, 0.717) is 6.42 Å². The molecule has 0 radical (unpaired) electrons. The molecule has 4 N–H and O–H groups in total. The summed E-state index contributed by atoms with van der Waals surface area (Å²) in [5.41, 5.74) is 4.55. The molecular weight excluding hydrogens is 212 g/mol. The van der Waals surface area contributed by atoms with Gasteiger partial charge in [0.25, 0.3) is 5.88 Å². The predicted octanol–water partition coefficient (Wildman–Crippen LogP) is -0.893. The van der Waals surface area contributed by atoms with Crippen LogP contribution in [0.5, 0.6) is 5.88 Å². The van der Waals surface area contributed by atoms with Crippen molar-refractivity contribution in [2.45, 2.75) is 37.8 Å². The minimum Gasteiger partial charge on any atom is -0.469 e. The summed E-state index contributed by atoms with van der Waals surface area (Å²) in [7, 11) is 0. The maximum absolute atomic E-state index is 11.3. The Bertz CT molecular complexity index is 466. The van der Waals surface area contributed by atoms with Crippen molar-refractivity contribution in [3.8, 4) is 5.88 Å². The summed E-state index contributed by atoms with van der Waals surface area (Å²) in [4.78, 5) is 24.1. The first-order chi connectivity index (χ1) is 7.65. The number of aromatic nitrogens is 3. The molecule has 1 fully saturated rings. The van der Waals surface area contributed by atoms with Gasteiger partial charge in [-0.05, 0) is 25.7 Å². The van der Waals surface area contributed by atoms with E-state index < -0.39 is 11.2 Å². The van der Waals surface area contributed by atoms with Gasteiger partial charge >= 0.3 is 11.2 Å². The molecule has 7 nitrogen and oxygen atoms in total. The highest BCUT2D eigenvalue weighted by atomic mass is 16.5. The van der Waals surface area contributed by atoms with Gasteiger partial charge in [0.05, 0.1) is 0 Å². The van der Waals surface area contributed by atoms with Gasteiger partial charge in [0.2, 0.25) is 0 Å². The Morgan fingerprint density at radius 3 is 2.88 bits per heavy atom. The molecule has 7 heteroatoms. The molecule has 1 aromatic heterocycles. The molecule has 0 spiro atoms. The summed E-state index contributed by atoms with van der Waals surface area (Å²) < 4.78 is 5.41. The smallest absolute Gasteiger partial charge is 0.342 e. The van der Waals surface area contributed by atoms with Crippen LogP contribution >= 0.6 is 0 Å². The lowest BCUT2D eigenvalue weighted by atomic mass is 9.94. The van der Waals surface area contributed by atoms with Gasteiger partial charge in [0.15, 0.2) is 0 Å². The number of ether oxygens (including phenoxy) is 1. The highest BCUT2D eigenvalue weighted by Gasteiger charge is 2.22. The third-order valence-corrected chi connectivity index (χ3v) is 2.63. The molecule has 2 atom stereocenters. The molecule has 1 aliphatic carbocycles. The molecule has 2 rings (SSSR count). The van der Waals surface area contributed by atoms with Crippen molar-refractivity contribution in [1.82, 2.24) is 15.2 Å². The minimum absolute atomic E-state index is 0.0942. The third-order valence-electron chi connectivity index (χ3n) is 2.63. The second-order valence-corrected chi connectivity index (χ2v) is 3.98. The predicted molar refractivity (Wildman–Crippen MR) is 56.3 cm³/mol. The maximum Gasteiger partial charge on any atom is 0.342 e. The number of hydrogen-bond acceptors (Lipinski definition) is 5. The number of hydrogen-bond donors (Lipinski definition) is 3. The van der Waals surface area contributed by atoms with E-state index in [-0.39, 0.29) is 18.0 Å². The lowest BCUT2D eigenvalue weighted by molar-refractivity contribution is 0.134. The largest absolute Gasteiger partial charge is 0.469 e. The first-order valence-electron chi connectivity index (χ1n) is 5.26. The monoisotopic (exact) mass is 226 g/mol. The summed E-state index contributed by atoms with van der Waals surface area (Å²) in [5.74, 6) is -0.0984. The van der Waals surface area contributed by atoms with Crippen molar-refractivity contribution in [3.05, 3.63) is 20.8 Å². The summed E-state index contributed by atoms with van der Waals surface area (Å²) in [5, 5.41) is 5.68. The Morgan fingerprint density at radius 1 is 1.38 bits per heavy atom. The minimum atomic E-state index is -0.641. The zero-order chi connectivity index (χ0) is 11.5. The summed E-state index contributed by atoms with van der Waals surface area (Å²) in [6, 6.07) is 0.112. The van der Waals surface area contributed by atoms with Gasteiger partial charge in [0.1, 0.15) is 6.10 Å². The molecule has 1 aliphatic rings. The first kappa shape index (κ1) is 10.9. The lowest BCUT2D eigenvalue weighted by Gasteiger charge is -2.26. The van der Waals surface area contributed by atoms with E-state index >= 15 is 0 Å². The van der Waals surface area contributed by atoms with Crippen molar-refractivity contribution in [3.63, 3.8) is 0 Å². The van der Waals surface area contributed by atoms with E-state index in [1.165, 1.54) is 0 Å². The van der Waals surface area contributed by atoms with Crippen LogP contribution in [0.25, 0.3) is 0 Å². The van der Waals surface area contributed by atoms with E-state index in [4.69, 9.17) is 10.5 Å². The summed E-state index contributed by atoms with van der Waals surface area (Å²) >= 11 is 0. The Labute approximate surface area is 91.0 Å². The summed E-state index contributed by atoms with van der Waals surface area (Å²) in [6.45, 7) is 0. The molecule has 0 amide bonds. The van der Waals surface area contributed by atoms with Gasteiger partial charge in [-0.25, -0.2) is 9.89 Å². The SMILES string of the molecule is NC1CCCC(Oc2n[nH]c(=O)[nH]c2=O)C1. The maximum atomic E-state index is 11.3. The molecule has 16 heavy (non-hydrogen) atoms. The van der Waals surface area contributed by atoms with Crippen molar-refractivity contribution in [2.75, 3.05) is 0 Å². The van der Waals surface area contributed by atoms with Crippen LogP contribution < -0.4 is 21.7 Å². The van der Waals surface area contributed by atoms with Gasteiger partial charge in [-0.2, -0.15) is 0 Å². The van der Waals surface area contributed by atoms with Crippen LogP contribution in [-0.2, 0) is 0 Å². The van der Waals surface area contributed by atoms with Crippen LogP contribution in [0.4, 0.5) is 0 Å². The second-order valence-electron chi connectivity index (χ2n) is 3.98. The third kappa shape index (κ3) is 2.48. The highest BCUT2D eigenvalue weighted by molar-refractivity contribution is 5.00. The van der Waals surface area contributed by atoms with Gasteiger partial charge in [-0.1, -0.05) is 0 Å². The van der Waals surface area contributed by atoms with Crippen LogP contribution in [0.2, 0.25) is 0 Å². The molecule has 1 heterocycles. The summed E-state index contributed by atoms with van der Waals surface area (Å²) in [6.07, 6.45) is 3.43. The molecule has 1 aromatic rings. The van der Waals surface area contributed by atoms with Crippen molar-refractivity contribution < 1.29 is 4.74 Å². The van der Waals surface area contributed by atoms with Gasteiger partial charge < -0.3 is 10.5 Å². The molecule has 88 valence electrons. The Morgan fingerprint density at radius 2 is 2.19 bits per heavy atom. The van der Waals surface area contributed by atoms with Crippen LogP contribution in [0.3, 0.4) is 0 Å². The molecule has 2 unspecified atom stereocenters. The number of nitrogens with one attached hydrogen (secondary N) is 2. The Balaban J connectivity index is 2.08. The normalized spacial score (nSPS) is 25.3. The molecule has 0 saturated heterocycles. The lowest BCUT2D eigenvalue weighted by Crippen LogP contribution is -2.36. The number of aromatic amines is 2. The van der Waals surface area contributed by atoms with Crippen molar-refractivity contribution >= 4 is 0 Å². The molecule has 0 aromatic carbocycles. The second kappa shape index (κ2) is 4.48. The highest BCUT2D eigenvalue weighted by Crippen LogP contribution is 2.19. The van der Waals surface area contributed by atoms with E-state index in [9.17, 15) is 9.59 Å². The Kier molecular flexibility index (Phi) is 3.04. The molecule has 0 bridgehead atoms. The molecular formula is C9H14N4O3. The quantitative estimate of drug-likeness (QED) is 0.605. The van der Waals surface area contributed by atoms with Crippen LogP contribution in [0, 0.1) is 0 Å². The average Bonchev–Trinajstić information content (AvgIpc) is 2.22. The molecule has 1 saturated carbocycles. The van der Waals surface area contributed by atoms with Crippen LogP contribution in [-0.4, -0.2) is 27.3 Å². The number of rotatable bonds is 2. The number of H-pyrrole nitrogens is 2.